The molecule has 1 aromatic rings. The molecule has 0 unspecified atom stereocenters. The minimum atomic E-state index is 0. The lowest BCUT2D eigenvalue weighted by molar-refractivity contribution is 0.155. The first-order valence-electron chi connectivity index (χ1n) is 9.50. The monoisotopic (exact) mass is 485 g/mol. The maximum Gasteiger partial charge on any atom is 0.191 e. The Morgan fingerprint density at radius 2 is 2.15 bits per heavy atom. The summed E-state index contributed by atoms with van der Waals surface area (Å²) in [6.45, 7) is 7.66. The summed E-state index contributed by atoms with van der Waals surface area (Å²) in [4.78, 5) is 7.20. The molecular formula is C20H32IN5O. The van der Waals surface area contributed by atoms with E-state index in [0.29, 0.717) is 18.2 Å². The Hall–Kier alpha value is -1.37. The molecule has 0 aromatic heterocycles. The Kier molecular flexibility index (Phi) is 12.1. The molecule has 1 aromatic carbocycles. The van der Waals surface area contributed by atoms with E-state index in [1.54, 1.807) is 7.11 Å². The van der Waals surface area contributed by atoms with Crippen molar-refractivity contribution in [2.75, 3.05) is 39.9 Å². The number of ether oxygens (including phenoxy) is 1. The predicted molar refractivity (Wildman–Crippen MR) is 120 cm³/mol. The van der Waals surface area contributed by atoms with Gasteiger partial charge in [-0.25, -0.2) is 4.99 Å². The first kappa shape index (κ1) is 23.7. The summed E-state index contributed by atoms with van der Waals surface area (Å²) in [6.07, 6.45) is 3.35. The summed E-state index contributed by atoms with van der Waals surface area (Å²) in [5, 5.41) is 15.9. The van der Waals surface area contributed by atoms with E-state index in [9.17, 15) is 0 Å². The van der Waals surface area contributed by atoms with E-state index in [-0.39, 0.29) is 24.0 Å². The number of hydrogen-bond acceptors (Lipinski definition) is 4. The van der Waals surface area contributed by atoms with Crippen LogP contribution in [0.3, 0.4) is 0 Å². The third-order valence-corrected chi connectivity index (χ3v) is 4.57. The standard InChI is InChI=1S/C20H31N5O.HI/c1-3-22-20(23-16-18-7-4-6-17(14-18)15-21)24-19-8-11-25(12-9-19)10-5-13-26-2;/h4,6-7,14,19H,3,5,8-13,16H2,1-2H3,(H2,22,23,24);1H. The number of hydrogen-bond donors (Lipinski definition) is 2. The normalized spacial score (nSPS) is 15.7. The number of nitrogens with one attached hydrogen (secondary N) is 2. The van der Waals surface area contributed by atoms with Gasteiger partial charge >= 0.3 is 0 Å². The van der Waals surface area contributed by atoms with Crippen LogP contribution in [0.4, 0.5) is 0 Å². The van der Waals surface area contributed by atoms with Gasteiger partial charge in [0.25, 0.3) is 0 Å². The molecule has 2 rings (SSSR count). The Labute approximate surface area is 180 Å². The number of nitrogens with zero attached hydrogens (tertiary/aromatic N) is 3. The third kappa shape index (κ3) is 8.91. The number of nitriles is 1. The van der Waals surface area contributed by atoms with E-state index in [1.807, 2.05) is 24.3 Å². The second-order valence-corrected chi connectivity index (χ2v) is 6.61. The molecule has 0 amide bonds. The summed E-state index contributed by atoms with van der Waals surface area (Å²) in [6, 6.07) is 10.3. The minimum Gasteiger partial charge on any atom is -0.385 e. The molecule has 1 heterocycles. The molecule has 1 aliphatic heterocycles. The van der Waals surface area contributed by atoms with Gasteiger partial charge < -0.3 is 20.3 Å². The molecule has 0 atom stereocenters. The number of rotatable bonds is 8. The van der Waals surface area contributed by atoms with Gasteiger partial charge in [-0.3, -0.25) is 0 Å². The average molecular weight is 485 g/mol. The maximum absolute atomic E-state index is 9.01. The highest BCUT2D eigenvalue weighted by Crippen LogP contribution is 2.11. The van der Waals surface area contributed by atoms with Gasteiger partial charge in [0, 0.05) is 45.9 Å². The van der Waals surface area contributed by atoms with Crippen LogP contribution in [0.2, 0.25) is 0 Å². The molecule has 1 fully saturated rings. The summed E-state index contributed by atoms with van der Waals surface area (Å²) in [5.74, 6) is 0.854. The van der Waals surface area contributed by atoms with Gasteiger partial charge in [0.15, 0.2) is 5.96 Å². The van der Waals surface area contributed by atoms with E-state index < -0.39 is 0 Å². The number of piperidine rings is 1. The van der Waals surface area contributed by atoms with Crippen molar-refractivity contribution in [1.29, 1.82) is 5.26 Å². The molecular weight excluding hydrogens is 453 g/mol. The SMILES string of the molecule is CCNC(=NCc1cccc(C#N)c1)NC1CCN(CCCOC)CC1.I. The molecule has 150 valence electrons. The van der Waals surface area contributed by atoms with Crippen LogP contribution < -0.4 is 10.6 Å². The van der Waals surface area contributed by atoms with Crippen molar-refractivity contribution in [2.24, 2.45) is 4.99 Å². The molecule has 2 N–H and O–H groups in total. The van der Waals surface area contributed by atoms with Crippen molar-refractivity contribution in [3.05, 3.63) is 35.4 Å². The smallest absolute Gasteiger partial charge is 0.191 e. The summed E-state index contributed by atoms with van der Waals surface area (Å²) in [5.41, 5.74) is 1.73. The lowest BCUT2D eigenvalue weighted by Crippen LogP contribution is -2.48. The van der Waals surface area contributed by atoms with Gasteiger partial charge in [0.05, 0.1) is 18.2 Å². The van der Waals surface area contributed by atoms with Gasteiger partial charge in [0.1, 0.15) is 0 Å². The molecule has 6 nitrogen and oxygen atoms in total. The number of guanidine groups is 1. The highest BCUT2D eigenvalue weighted by Gasteiger charge is 2.19. The molecule has 0 aliphatic carbocycles. The van der Waals surface area contributed by atoms with Crippen LogP contribution in [0.1, 0.15) is 37.3 Å². The molecule has 27 heavy (non-hydrogen) atoms. The van der Waals surface area contributed by atoms with Gasteiger partial charge in [0.2, 0.25) is 0 Å². The number of likely N-dealkylation sites (tertiary alicyclic amines) is 1. The first-order chi connectivity index (χ1) is 12.7. The maximum atomic E-state index is 9.01. The average Bonchev–Trinajstić information content (AvgIpc) is 2.68. The number of methoxy groups -OCH3 is 1. The quantitative estimate of drug-likeness (QED) is 0.257. The molecule has 1 saturated heterocycles. The predicted octanol–water partition coefficient (Wildman–Crippen LogP) is 2.73. The van der Waals surface area contributed by atoms with Crippen molar-refractivity contribution in [2.45, 2.75) is 38.8 Å². The zero-order chi connectivity index (χ0) is 18.6. The molecule has 1 aliphatic rings. The number of halogens is 1. The fourth-order valence-corrected chi connectivity index (χ4v) is 3.16. The topological polar surface area (TPSA) is 72.7 Å². The Balaban J connectivity index is 0.00000364. The molecule has 7 heteroatoms. The Morgan fingerprint density at radius 3 is 2.81 bits per heavy atom. The van der Waals surface area contributed by atoms with Gasteiger partial charge in [-0.15, -0.1) is 24.0 Å². The van der Waals surface area contributed by atoms with E-state index >= 15 is 0 Å². The zero-order valence-electron chi connectivity index (χ0n) is 16.4. The van der Waals surface area contributed by atoms with Crippen molar-refractivity contribution >= 4 is 29.9 Å². The summed E-state index contributed by atoms with van der Waals surface area (Å²) in [7, 11) is 1.76. The van der Waals surface area contributed by atoms with Gasteiger partial charge in [-0.1, -0.05) is 12.1 Å². The van der Waals surface area contributed by atoms with E-state index in [2.05, 4.69) is 33.5 Å². The summed E-state index contributed by atoms with van der Waals surface area (Å²) >= 11 is 0. The van der Waals surface area contributed by atoms with Crippen LogP contribution in [-0.4, -0.2) is 56.8 Å². The van der Waals surface area contributed by atoms with Crippen molar-refractivity contribution < 1.29 is 4.74 Å². The first-order valence-corrected chi connectivity index (χ1v) is 9.50. The lowest BCUT2D eigenvalue weighted by Gasteiger charge is -2.33. The molecule has 0 radical (unpaired) electrons. The van der Waals surface area contributed by atoms with Crippen LogP contribution in [0.25, 0.3) is 0 Å². The Bertz CT molecular complexity index is 609. The highest BCUT2D eigenvalue weighted by molar-refractivity contribution is 14.0. The molecule has 0 bridgehead atoms. The van der Waals surface area contributed by atoms with Crippen molar-refractivity contribution in [3.63, 3.8) is 0 Å². The van der Waals surface area contributed by atoms with Crippen LogP contribution in [0, 0.1) is 11.3 Å². The third-order valence-electron chi connectivity index (χ3n) is 4.57. The lowest BCUT2D eigenvalue weighted by atomic mass is 10.1. The van der Waals surface area contributed by atoms with E-state index in [0.717, 1.165) is 63.6 Å². The zero-order valence-corrected chi connectivity index (χ0v) is 18.7. The van der Waals surface area contributed by atoms with Crippen LogP contribution >= 0.6 is 24.0 Å². The van der Waals surface area contributed by atoms with Gasteiger partial charge in [-0.2, -0.15) is 5.26 Å². The second-order valence-electron chi connectivity index (χ2n) is 6.61. The highest BCUT2D eigenvalue weighted by atomic mass is 127. The summed E-state index contributed by atoms with van der Waals surface area (Å²) < 4.78 is 5.13. The van der Waals surface area contributed by atoms with E-state index in [4.69, 9.17) is 10.00 Å². The van der Waals surface area contributed by atoms with Crippen LogP contribution in [-0.2, 0) is 11.3 Å². The van der Waals surface area contributed by atoms with Crippen LogP contribution in [0.5, 0.6) is 0 Å². The number of aliphatic imine (C=N–C) groups is 1. The fraction of sp³-hybridized carbons (Fsp3) is 0.600. The number of benzene rings is 1. The minimum absolute atomic E-state index is 0. The van der Waals surface area contributed by atoms with Crippen molar-refractivity contribution in [1.82, 2.24) is 15.5 Å². The largest absolute Gasteiger partial charge is 0.385 e. The molecule has 0 spiro atoms. The van der Waals surface area contributed by atoms with E-state index in [1.165, 1.54) is 0 Å². The fourth-order valence-electron chi connectivity index (χ4n) is 3.16. The van der Waals surface area contributed by atoms with Crippen LogP contribution in [0.15, 0.2) is 29.3 Å². The van der Waals surface area contributed by atoms with Gasteiger partial charge in [-0.05, 0) is 43.9 Å². The van der Waals surface area contributed by atoms with Crippen molar-refractivity contribution in [3.8, 4) is 6.07 Å². The molecule has 0 saturated carbocycles. The Morgan fingerprint density at radius 1 is 1.37 bits per heavy atom. The second kappa shape index (κ2) is 13.7.